The Kier molecular flexibility index (Phi) is 5.21. The summed E-state index contributed by atoms with van der Waals surface area (Å²) in [6.07, 6.45) is 7.46. The Bertz CT molecular complexity index is 723. The molecule has 0 aromatic carbocycles. The smallest absolute Gasteiger partial charge is 0.290 e. The van der Waals surface area contributed by atoms with Gasteiger partial charge in [0.1, 0.15) is 6.04 Å². The van der Waals surface area contributed by atoms with Crippen LogP contribution >= 0.6 is 0 Å². The highest BCUT2D eigenvalue weighted by atomic mass is 16.3. The van der Waals surface area contributed by atoms with Crippen LogP contribution in [-0.2, 0) is 11.3 Å². The van der Waals surface area contributed by atoms with Crippen LogP contribution in [0.25, 0.3) is 0 Å². The van der Waals surface area contributed by atoms with Gasteiger partial charge in [0.15, 0.2) is 5.76 Å². The highest BCUT2D eigenvalue weighted by molar-refractivity contribution is 5.96. The molecule has 1 aliphatic heterocycles. The van der Waals surface area contributed by atoms with E-state index in [2.05, 4.69) is 10.4 Å². The lowest BCUT2D eigenvalue weighted by molar-refractivity contribution is -0.125. The van der Waals surface area contributed by atoms with E-state index in [1.807, 2.05) is 24.7 Å². The number of hydrogen-bond donors (Lipinski definition) is 1. The molecule has 1 N–H and O–H groups in total. The number of carbonyl (C=O) groups is 2. The molecule has 25 heavy (non-hydrogen) atoms. The van der Waals surface area contributed by atoms with E-state index in [-0.39, 0.29) is 23.6 Å². The average Bonchev–Trinajstić information content (AvgIpc) is 3.39. The Labute approximate surface area is 147 Å². The minimum atomic E-state index is -0.451. The van der Waals surface area contributed by atoms with Crippen LogP contribution in [-0.4, -0.2) is 39.1 Å². The molecular weight excluding hydrogens is 320 g/mol. The molecule has 1 fully saturated rings. The molecule has 0 bridgehead atoms. The molecule has 0 radical (unpaired) electrons. The average molecular weight is 344 g/mol. The Hall–Kier alpha value is -2.57. The van der Waals surface area contributed by atoms with E-state index in [0.717, 1.165) is 24.9 Å². The second-order valence-corrected chi connectivity index (χ2v) is 6.23. The summed E-state index contributed by atoms with van der Waals surface area (Å²) < 4.78 is 7.03. The van der Waals surface area contributed by atoms with Crippen molar-refractivity contribution in [2.45, 2.75) is 51.7 Å². The van der Waals surface area contributed by atoms with Gasteiger partial charge in [0.2, 0.25) is 5.91 Å². The fourth-order valence-corrected chi connectivity index (χ4v) is 3.25. The summed E-state index contributed by atoms with van der Waals surface area (Å²) in [7, 11) is 0. The predicted molar refractivity (Wildman–Crippen MR) is 91.8 cm³/mol. The maximum Gasteiger partial charge on any atom is 0.290 e. The zero-order valence-corrected chi connectivity index (χ0v) is 14.6. The molecule has 2 unspecified atom stereocenters. The van der Waals surface area contributed by atoms with Crippen molar-refractivity contribution < 1.29 is 14.0 Å². The second kappa shape index (κ2) is 7.55. The van der Waals surface area contributed by atoms with Crippen LogP contribution in [0.15, 0.2) is 35.2 Å². The minimum absolute atomic E-state index is 0.103. The summed E-state index contributed by atoms with van der Waals surface area (Å²) >= 11 is 0. The third kappa shape index (κ3) is 3.60. The largest absolute Gasteiger partial charge is 0.459 e. The van der Waals surface area contributed by atoms with Crippen molar-refractivity contribution in [2.75, 3.05) is 6.54 Å². The molecule has 3 heterocycles. The van der Waals surface area contributed by atoms with Crippen molar-refractivity contribution in [2.24, 2.45) is 0 Å². The van der Waals surface area contributed by atoms with Gasteiger partial charge >= 0.3 is 0 Å². The number of carbonyl (C=O) groups excluding carboxylic acids is 2. The maximum absolute atomic E-state index is 12.8. The molecule has 7 nitrogen and oxygen atoms in total. The van der Waals surface area contributed by atoms with Crippen molar-refractivity contribution >= 4 is 11.8 Å². The third-order valence-electron chi connectivity index (χ3n) is 4.65. The lowest BCUT2D eigenvalue weighted by Gasteiger charge is -2.25. The number of aryl methyl sites for hydroxylation is 1. The van der Waals surface area contributed by atoms with Crippen molar-refractivity contribution in [3.05, 3.63) is 42.1 Å². The van der Waals surface area contributed by atoms with Crippen molar-refractivity contribution in [3.8, 4) is 0 Å². The number of aromatic nitrogens is 2. The van der Waals surface area contributed by atoms with E-state index in [1.54, 1.807) is 23.2 Å². The molecule has 2 aromatic heterocycles. The van der Waals surface area contributed by atoms with Gasteiger partial charge in [-0.1, -0.05) is 6.92 Å². The molecule has 0 saturated carbocycles. The fourth-order valence-electron chi connectivity index (χ4n) is 3.25. The van der Waals surface area contributed by atoms with Gasteiger partial charge in [0.05, 0.1) is 18.5 Å². The molecule has 3 rings (SSSR count). The van der Waals surface area contributed by atoms with Gasteiger partial charge < -0.3 is 14.6 Å². The summed E-state index contributed by atoms with van der Waals surface area (Å²) in [5, 5.41) is 7.35. The lowest BCUT2D eigenvalue weighted by Crippen LogP contribution is -2.46. The van der Waals surface area contributed by atoms with Gasteiger partial charge in [-0.3, -0.25) is 14.3 Å². The van der Waals surface area contributed by atoms with E-state index < -0.39 is 6.04 Å². The van der Waals surface area contributed by atoms with Crippen molar-refractivity contribution in [1.82, 2.24) is 20.0 Å². The van der Waals surface area contributed by atoms with Crippen LogP contribution < -0.4 is 5.32 Å². The van der Waals surface area contributed by atoms with Crippen LogP contribution in [0.4, 0.5) is 0 Å². The first-order valence-electron chi connectivity index (χ1n) is 8.81. The molecule has 7 heteroatoms. The molecular formula is C18H24N4O3. The summed E-state index contributed by atoms with van der Waals surface area (Å²) in [5.41, 5.74) is 0.986. The van der Waals surface area contributed by atoms with E-state index in [0.29, 0.717) is 13.0 Å². The zero-order chi connectivity index (χ0) is 17.8. The zero-order valence-electron chi connectivity index (χ0n) is 14.6. The topological polar surface area (TPSA) is 80.4 Å². The first-order valence-corrected chi connectivity index (χ1v) is 8.81. The summed E-state index contributed by atoms with van der Waals surface area (Å²) in [5.74, 6) is -0.0704. The van der Waals surface area contributed by atoms with Crippen LogP contribution in [0.2, 0.25) is 0 Å². The molecule has 0 spiro atoms. The molecule has 1 aliphatic rings. The molecule has 2 atom stereocenters. The third-order valence-corrected chi connectivity index (χ3v) is 4.65. The van der Waals surface area contributed by atoms with E-state index in [1.165, 1.54) is 6.26 Å². The van der Waals surface area contributed by atoms with Crippen LogP contribution in [0, 0.1) is 0 Å². The standard InChI is InChI=1S/C18H24N4O3/c1-3-14(13-11-19-21(4-2)12-13)20-17(23)15-7-5-9-22(15)18(24)16-8-6-10-25-16/h6,8,10-12,14-15H,3-5,7,9H2,1-2H3,(H,20,23). The number of hydrogen-bond acceptors (Lipinski definition) is 4. The van der Waals surface area contributed by atoms with Crippen LogP contribution in [0.5, 0.6) is 0 Å². The monoisotopic (exact) mass is 344 g/mol. The van der Waals surface area contributed by atoms with Gasteiger partial charge in [-0.25, -0.2) is 0 Å². The fraction of sp³-hybridized carbons (Fsp3) is 0.500. The molecule has 134 valence electrons. The van der Waals surface area contributed by atoms with Crippen molar-refractivity contribution in [3.63, 3.8) is 0 Å². The minimum Gasteiger partial charge on any atom is -0.459 e. The van der Waals surface area contributed by atoms with Crippen LogP contribution in [0.1, 0.15) is 55.3 Å². The van der Waals surface area contributed by atoms with Gasteiger partial charge in [0, 0.05) is 24.8 Å². The normalized spacial score (nSPS) is 18.3. The highest BCUT2D eigenvalue weighted by Crippen LogP contribution is 2.23. The first-order chi connectivity index (χ1) is 12.1. The predicted octanol–water partition coefficient (Wildman–Crippen LogP) is 2.37. The molecule has 2 aromatic rings. The second-order valence-electron chi connectivity index (χ2n) is 6.23. The van der Waals surface area contributed by atoms with Crippen molar-refractivity contribution in [1.29, 1.82) is 0 Å². The summed E-state index contributed by atoms with van der Waals surface area (Å²) in [6.45, 7) is 5.40. The lowest BCUT2D eigenvalue weighted by atomic mass is 10.1. The number of likely N-dealkylation sites (tertiary alicyclic amines) is 1. The maximum atomic E-state index is 12.8. The first kappa shape index (κ1) is 17.3. The number of rotatable bonds is 6. The van der Waals surface area contributed by atoms with Gasteiger partial charge in [-0.2, -0.15) is 5.10 Å². The van der Waals surface area contributed by atoms with E-state index >= 15 is 0 Å². The highest BCUT2D eigenvalue weighted by Gasteiger charge is 2.36. The SMILES string of the molecule is CCC(NC(=O)C1CCCN1C(=O)c1ccco1)c1cnn(CC)c1. The quantitative estimate of drug-likeness (QED) is 0.872. The molecule has 0 aliphatic carbocycles. The number of nitrogens with zero attached hydrogens (tertiary/aromatic N) is 3. The summed E-state index contributed by atoms with van der Waals surface area (Å²) in [6, 6.07) is 2.75. The van der Waals surface area contributed by atoms with Gasteiger partial charge in [-0.15, -0.1) is 0 Å². The van der Waals surface area contributed by atoms with E-state index in [4.69, 9.17) is 4.42 Å². The van der Waals surface area contributed by atoms with Gasteiger partial charge in [-0.05, 0) is 38.3 Å². The van der Waals surface area contributed by atoms with Gasteiger partial charge in [0.25, 0.3) is 5.91 Å². The number of amides is 2. The van der Waals surface area contributed by atoms with E-state index in [9.17, 15) is 9.59 Å². The number of furan rings is 1. The Morgan fingerprint density at radius 3 is 2.92 bits per heavy atom. The Balaban J connectivity index is 1.69. The number of nitrogens with one attached hydrogen (secondary N) is 1. The Morgan fingerprint density at radius 2 is 2.28 bits per heavy atom. The Morgan fingerprint density at radius 1 is 1.44 bits per heavy atom. The summed E-state index contributed by atoms with van der Waals surface area (Å²) in [4.78, 5) is 26.9. The van der Waals surface area contributed by atoms with Crippen LogP contribution in [0.3, 0.4) is 0 Å². The molecule has 1 saturated heterocycles. The molecule has 2 amide bonds.